The molecule has 1 aromatic carbocycles. The van der Waals surface area contributed by atoms with Crippen molar-refractivity contribution in [3.63, 3.8) is 0 Å². The average Bonchev–Trinajstić information content (AvgIpc) is 2.61. The van der Waals surface area contributed by atoms with Crippen LogP contribution in [0.3, 0.4) is 0 Å². The molecule has 122 valence electrons. The molecule has 1 atom stereocenters. The van der Waals surface area contributed by atoms with Crippen LogP contribution in [0.5, 0.6) is 0 Å². The number of carbonyl (C=O) groups excluding carboxylic acids is 1. The topological polar surface area (TPSA) is 46.5 Å². The van der Waals surface area contributed by atoms with Gasteiger partial charge in [0.05, 0.1) is 12.7 Å². The average molecular weight is 312 g/mol. The Morgan fingerprint density at radius 1 is 1.13 bits per heavy atom. The van der Waals surface area contributed by atoms with Gasteiger partial charge in [-0.15, -0.1) is 0 Å². The summed E-state index contributed by atoms with van der Waals surface area (Å²) >= 11 is 0. The molecule has 0 aliphatic heterocycles. The summed E-state index contributed by atoms with van der Waals surface area (Å²) in [6, 6.07) is 6.95. The second kappa shape index (κ2) is 6.61. The Morgan fingerprint density at radius 3 is 2.57 bits per heavy atom. The summed E-state index contributed by atoms with van der Waals surface area (Å²) in [5.41, 5.74) is 2.80. The molecule has 1 fully saturated rings. The SMILES string of the molecule is COC(=O)c1ccc(/C(O)=C/C23CCCC=C2CCCC3)cc1. The fourth-order valence-electron chi connectivity index (χ4n) is 3.93. The molecule has 0 saturated heterocycles. The van der Waals surface area contributed by atoms with Crippen molar-refractivity contribution in [3.8, 4) is 0 Å². The summed E-state index contributed by atoms with van der Waals surface area (Å²) in [4.78, 5) is 11.5. The number of aliphatic hydroxyl groups is 1. The lowest BCUT2D eigenvalue weighted by atomic mass is 9.64. The van der Waals surface area contributed by atoms with Crippen molar-refractivity contribution < 1.29 is 14.6 Å². The van der Waals surface area contributed by atoms with Crippen molar-refractivity contribution in [2.75, 3.05) is 7.11 Å². The minimum atomic E-state index is -0.358. The predicted octanol–water partition coefficient (Wildman–Crippen LogP) is 5.04. The van der Waals surface area contributed by atoms with Gasteiger partial charge in [0.1, 0.15) is 5.76 Å². The number of allylic oxidation sites excluding steroid dienone is 3. The first-order chi connectivity index (χ1) is 11.1. The first kappa shape index (κ1) is 15.9. The van der Waals surface area contributed by atoms with Crippen molar-refractivity contribution >= 4 is 11.7 Å². The van der Waals surface area contributed by atoms with Gasteiger partial charge in [0, 0.05) is 11.0 Å². The highest BCUT2D eigenvalue weighted by atomic mass is 16.5. The quantitative estimate of drug-likeness (QED) is 0.483. The van der Waals surface area contributed by atoms with Gasteiger partial charge < -0.3 is 9.84 Å². The molecule has 23 heavy (non-hydrogen) atoms. The van der Waals surface area contributed by atoms with Gasteiger partial charge in [0.15, 0.2) is 0 Å². The van der Waals surface area contributed by atoms with Gasteiger partial charge in [0.2, 0.25) is 0 Å². The summed E-state index contributed by atoms with van der Waals surface area (Å²) in [6.45, 7) is 0. The van der Waals surface area contributed by atoms with E-state index in [1.54, 1.807) is 24.3 Å². The third-order valence-electron chi connectivity index (χ3n) is 5.19. The van der Waals surface area contributed by atoms with Gasteiger partial charge in [-0.3, -0.25) is 0 Å². The highest BCUT2D eigenvalue weighted by molar-refractivity contribution is 5.89. The van der Waals surface area contributed by atoms with Crippen molar-refractivity contribution in [2.45, 2.75) is 44.9 Å². The molecule has 2 aliphatic rings. The van der Waals surface area contributed by atoms with Crippen LogP contribution < -0.4 is 0 Å². The normalized spacial score (nSPS) is 24.6. The van der Waals surface area contributed by atoms with Gasteiger partial charge in [-0.05, 0) is 56.7 Å². The molecule has 0 radical (unpaired) electrons. The Balaban J connectivity index is 1.87. The first-order valence-corrected chi connectivity index (χ1v) is 8.45. The summed E-state index contributed by atoms with van der Waals surface area (Å²) in [5.74, 6) is -0.0421. The molecule has 0 aromatic heterocycles. The van der Waals surface area contributed by atoms with E-state index < -0.39 is 0 Å². The maximum Gasteiger partial charge on any atom is 0.337 e. The standard InChI is InChI=1S/C20H24O3/c1-23-19(22)16-10-8-15(9-11-16)18(21)14-20-12-4-2-6-17(20)7-3-5-13-20/h6,8-11,14,21H,2-5,7,12-13H2,1H3/b18-14-. The van der Waals surface area contributed by atoms with E-state index in [0.717, 1.165) is 24.8 Å². The number of ether oxygens (including phenoxy) is 1. The summed E-state index contributed by atoms with van der Waals surface area (Å²) in [6.07, 6.45) is 12.7. The molecule has 1 saturated carbocycles. The molecular formula is C20H24O3. The van der Waals surface area contributed by atoms with Gasteiger partial charge in [-0.1, -0.05) is 30.2 Å². The zero-order valence-corrected chi connectivity index (χ0v) is 13.7. The van der Waals surface area contributed by atoms with Crippen LogP contribution in [0, 0.1) is 5.41 Å². The molecule has 3 rings (SSSR count). The van der Waals surface area contributed by atoms with E-state index in [2.05, 4.69) is 12.2 Å². The molecule has 0 bridgehead atoms. The fourth-order valence-corrected chi connectivity index (χ4v) is 3.93. The number of benzene rings is 1. The lowest BCUT2D eigenvalue weighted by Gasteiger charge is -2.40. The molecule has 3 heteroatoms. The van der Waals surface area contributed by atoms with Crippen LogP contribution in [0.4, 0.5) is 0 Å². The fraction of sp³-hybridized carbons (Fsp3) is 0.450. The van der Waals surface area contributed by atoms with Crippen LogP contribution in [-0.2, 0) is 4.74 Å². The lowest BCUT2D eigenvalue weighted by molar-refractivity contribution is 0.0600. The monoisotopic (exact) mass is 312 g/mol. The number of aliphatic hydroxyl groups excluding tert-OH is 1. The highest BCUT2D eigenvalue weighted by Gasteiger charge is 2.36. The summed E-state index contributed by atoms with van der Waals surface area (Å²) < 4.78 is 4.70. The largest absolute Gasteiger partial charge is 0.508 e. The van der Waals surface area contributed by atoms with Gasteiger partial charge in [-0.2, -0.15) is 0 Å². The maximum absolute atomic E-state index is 11.5. The number of esters is 1. The van der Waals surface area contributed by atoms with Crippen LogP contribution in [0.15, 0.2) is 42.0 Å². The Hall–Kier alpha value is -2.03. The Kier molecular flexibility index (Phi) is 4.56. The van der Waals surface area contributed by atoms with Crippen LogP contribution in [-0.4, -0.2) is 18.2 Å². The van der Waals surface area contributed by atoms with Crippen LogP contribution in [0.2, 0.25) is 0 Å². The minimum absolute atomic E-state index is 0.0433. The minimum Gasteiger partial charge on any atom is -0.508 e. The van der Waals surface area contributed by atoms with E-state index >= 15 is 0 Å². The molecule has 1 N–H and O–H groups in total. The van der Waals surface area contributed by atoms with E-state index in [1.807, 2.05) is 0 Å². The van der Waals surface area contributed by atoms with E-state index in [1.165, 1.54) is 38.4 Å². The van der Waals surface area contributed by atoms with E-state index in [9.17, 15) is 9.90 Å². The van der Waals surface area contributed by atoms with Crippen LogP contribution in [0.25, 0.3) is 5.76 Å². The van der Waals surface area contributed by atoms with Crippen LogP contribution in [0.1, 0.15) is 60.9 Å². The third kappa shape index (κ3) is 3.19. The summed E-state index contributed by atoms with van der Waals surface area (Å²) in [5, 5.41) is 10.6. The molecule has 1 aromatic rings. The molecule has 0 spiro atoms. The lowest BCUT2D eigenvalue weighted by Crippen LogP contribution is -2.27. The molecule has 3 nitrogen and oxygen atoms in total. The van der Waals surface area contributed by atoms with E-state index in [4.69, 9.17) is 4.74 Å². The van der Waals surface area contributed by atoms with E-state index in [0.29, 0.717) is 11.3 Å². The van der Waals surface area contributed by atoms with E-state index in [-0.39, 0.29) is 11.4 Å². The number of carbonyl (C=O) groups is 1. The number of fused-ring (bicyclic) bond motifs is 1. The number of methoxy groups -OCH3 is 1. The Morgan fingerprint density at radius 2 is 1.83 bits per heavy atom. The third-order valence-corrected chi connectivity index (χ3v) is 5.19. The maximum atomic E-state index is 11.5. The molecule has 0 amide bonds. The van der Waals surface area contributed by atoms with Crippen molar-refractivity contribution in [1.82, 2.24) is 0 Å². The number of hydrogen-bond acceptors (Lipinski definition) is 3. The van der Waals surface area contributed by atoms with Crippen molar-refractivity contribution in [3.05, 3.63) is 53.1 Å². The molecule has 1 unspecified atom stereocenters. The van der Waals surface area contributed by atoms with Gasteiger partial charge in [0.25, 0.3) is 0 Å². The number of hydrogen-bond donors (Lipinski definition) is 1. The van der Waals surface area contributed by atoms with Gasteiger partial charge in [-0.25, -0.2) is 4.79 Å². The zero-order chi connectivity index (χ0) is 16.3. The molecule has 2 aliphatic carbocycles. The second-order valence-corrected chi connectivity index (χ2v) is 6.58. The first-order valence-electron chi connectivity index (χ1n) is 8.45. The molecule has 0 heterocycles. The van der Waals surface area contributed by atoms with Crippen molar-refractivity contribution in [2.24, 2.45) is 5.41 Å². The summed E-state index contributed by atoms with van der Waals surface area (Å²) in [7, 11) is 1.37. The highest BCUT2D eigenvalue weighted by Crippen LogP contribution is 2.49. The Labute approximate surface area is 137 Å². The number of rotatable bonds is 3. The van der Waals surface area contributed by atoms with Crippen LogP contribution >= 0.6 is 0 Å². The Bertz CT molecular complexity index is 639. The van der Waals surface area contributed by atoms with Crippen molar-refractivity contribution in [1.29, 1.82) is 0 Å². The smallest absolute Gasteiger partial charge is 0.337 e. The zero-order valence-electron chi connectivity index (χ0n) is 13.7. The predicted molar refractivity (Wildman–Crippen MR) is 91.2 cm³/mol. The van der Waals surface area contributed by atoms with Gasteiger partial charge >= 0.3 is 5.97 Å². The second-order valence-electron chi connectivity index (χ2n) is 6.58. The molecular weight excluding hydrogens is 288 g/mol.